The lowest BCUT2D eigenvalue weighted by Crippen LogP contribution is -2.02. The monoisotopic (exact) mass is 237 g/mol. The highest BCUT2D eigenvalue weighted by Crippen LogP contribution is 2.37. The number of aromatic nitrogens is 1. The Morgan fingerprint density at radius 1 is 1.67 bits per heavy atom. The van der Waals surface area contributed by atoms with Crippen LogP contribution in [0, 0.1) is 0 Å². The molecule has 0 bridgehead atoms. The lowest BCUT2D eigenvalue weighted by molar-refractivity contribution is 0.106. The predicted molar refractivity (Wildman–Crippen MR) is 47.6 cm³/mol. The molecule has 15 heavy (non-hydrogen) atoms. The summed E-state index contributed by atoms with van der Waals surface area (Å²) in [6.45, 7) is 0. The molecule has 4 nitrogen and oxygen atoms in total. The van der Waals surface area contributed by atoms with E-state index in [0.29, 0.717) is 0 Å². The molecule has 0 spiro atoms. The van der Waals surface area contributed by atoms with Gasteiger partial charge in [-0.05, 0) is 11.6 Å². The normalized spacial score (nSPS) is 10.5. The Morgan fingerprint density at radius 2 is 2.27 bits per heavy atom. The minimum atomic E-state index is -3.04. The molecule has 0 amide bonds. The van der Waals surface area contributed by atoms with E-state index in [2.05, 4.69) is 9.72 Å². The first kappa shape index (κ1) is 11.6. The molecule has 1 aromatic heterocycles. The number of methoxy groups -OCH3 is 1. The number of hydrogen-bond acceptors (Lipinski definition) is 4. The molecule has 0 aliphatic carbocycles. The summed E-state index contributed by atoms with van der Waals surface area (Å²) < 4.78 is 29.5. The second-order valence-electron chi connectivity index (χ2n) is 2.52. The summed E-state index contributed by atoms with van der Waals surface area (Å²) in [5, 5.41) is 8.20. The number of carbonyl (C=O) groups excluding carboxylic acids is 1. The van der Waals surface area contributed by atoms with E-state index in [1.165, 1.54) is 0 Å². The number of nitrogens with zero attached hydrogens (tertiary/aromatic N) is 1. The summed E-state index contributed by atoms with van der Waals surface area (Å²) in [6, 6.07) is 0. The number of pyridine rings is 1. The van der Waals surface area contributed by atoms with Gasteiger partial charge in [-0.15, -0.1) is 0 Å². The third-order valence-corrected chi connectivity index (χ3v) is 1.89. The van der Waals surface area contributed by atoms with E-state index >= 15 is 0 Å². The summed E-state index contributed by atoms with van der Waals surface area (Å²) in [4.78, 5) is 14.2. The third-order valence-electron chi connectivity index (χ3n) is 1.68. The number of rotatable bonds is 3. The Kier molecular flexibility index (Phi) is 3.41. The van der Waals surface area contributed by atoms with Crippen molar-refractivity contribution in [2.24, 2.45) is 0 Å². The average molecular weight is 238 g/mol. The largest absolute Gasteiger partial charge is 0.503 e. The molecule has 0 aliphatic rings. The molecule has 1 N–H and O–H groups in total. The van der Waals surface area contributed by atoms with Crippen molar-refractivity contribution in [1.82, 2.24) is 4.98 Å². The smallest absolute Gasteiger partial charge is 0.268 e. The van der Waals surface area contributed by atoms with E-state index in [1.54, 1.807) is 0 Å². The van der Waals surface area contributed by atoms with Gasteiger partial charge in [0.25, 0.3) is 17.5 Å². The Bertz CT molecular complexity index is 398. The maximum Gasteiger partial charge on any atom is 0.268 e. The van der Waals surface area contributed by atoms with Gasteiger partial charge in [0.1, 0.15) is 0 Å². The first-order valence-electron chi connectivity index (χ1n) is 3.72. The molecule has 1 rings (SSSR count). The van der Waals surface area contributed by atoms with E-state index in [0.717, 1.165) is 13.3 Å². The van der Waals surface area contributed by atoms with Gasteiger partial charge >= 0.3 is 0 Å². The highest BCUT2D eigenvalue weighted by Gasteiger charge is 2.25. The average Bonchev–Trinajstić information content (AvgIpc) is 2.16. The van der Waals surface area contributed by atoms with Crippen LogP contribution in [0.5, 0.6) is 11.6 Å². The summed E-state index contributed by atoms with van der Waals surface area (Å²) in [5.74, 6) is -1.26. The zero-order valence-corrected chi connectivity index (χ0v) is 8.26. The van der Waals surface area contributed by atoms with Gasteiger partial charge in [0.05, 0.1) is 18.2 Å². The highest BCUT2D eigenvalue weighted by molar-refractivity contribution is 6.67. The van der Waals surface area contributed by atoms with Crippen LogP contribution >= 0.6 is 11.6 Å². The van der Waals surface area contributed by atoms with Gasteiger partial charge in [0, 0.05) is 6.20 Å². The van der Waals surface area contributed by atoms with Crippen LogP contribution in [-0.4, -0.2) is 22.4 Å². The van der Waals surface area contributed by atoms with Crippen LogP contribution in [0.1, 0.15) is 22.3 Å². The number of halogens is 3. The van der Waals surface area contributed by atoms with Gasteiger partial charge in [0.2, 0.25) is 0 Å². The molecule has 0 aromatic carbocycles. The number of ether oxygens (including phenoxy) is 1. The lowest BCUT2D eigenvalue weighted by Gasteiger charge is -2.09. The summed E-state index contributed by atoms with van der Waals surface area (Å²) in [6.07, 6.45) is -2.21. The van der Waals surface area contributed by atoms with E-state index in [1.807, 2.05) is 0 Å². The van der Waals surface area contributed by atoms with Crippen LogP contribution in [0.15, 0.2) is 6.20 Å². The van der Waals surface area contributed by atoms with Gasteiger partial charge in [-0.25, -0.2) is 13.8 Å². The SMILES string of the molecule is COc1ncc(C(=O)Cl)c(C(F)F)c1O. The minimum absolute atomic E-state index is 0.382. The Morgan fingerprint density at radius 3 is 2.67 bits per heavy atom. The maximum absolute atomic E-state index is 12.5. The van der Waals surface area contributed by atoms with Gasteiger partial charge < -0.3 is 9.84 Å². The van der Waals surface area contributed by atoms with Gasteiger partial charge in [-0.3, -0.25) is 4.79 Å². The van der Waals surface area contributed by atoms with Crippen LogP contribution in [0.25, 0.3) is 0 Å². The van der Waals surface area contributed by atoms with E-state index in [-0.39, 0.29) is 5.88 Å². The van der Waals surface area contributed by atoms with E-state index in [4.69, 9.17) is 11.6 Å². The lowest BCUT2D eigenvalue weighted by atomic mass is 10.1. The molecule has 7 heteroatoms. The van der Waals surface area contributed by atoms with Crippen LogP contribution in [0.2, 0.25) is 0 Å². The molecule has 1 heterocycles. The second kappa shape index (κ2) is 4.39. The van der Waals surface area contributed by atoms with Crippen molar-refractivity contribution in [3.05, 3.63) is 17.3 Å². The molecule has 0 fully saturated rings. The standard InChI is InChI=1S/C8H6ClF2NO3/c1-15-8-5(13)4(7(10)11)3(2-12-8)6(9)14/h2,7,13H,1H3. The molecular formula is C8H6ClF2NO3. The highest BCUT2D eigenvalue weighted by atomic mass is 35.5. The van der Waals surface area contributed by atoms with Crippen LogP contribution in [-0.2, 0) is 0 Å². The molecule has 0 saturated carbocycles. The third kappa shape index (κ3) is 2.15. The molecule has 0 radical (unpaired) electrons. The quantitative estimate of drug-likeness (QED) is 0.818. The zero-order chi connectivity index (χ0) is 11.6. The van der Waals surface area contributed by atoms with Gasteiger partial charge in [-0.2, -0.15) is 0 Å². The fourth-order valence-corrected chi connectivity index (χ4v) is 1.17. The number of aromatic hydroxyl groups is 1. The second-order valence-corrected chi connectivity index (χ2v) is 2.86. The Balaban J connectivity index is 3.44. The molecule has 0 atom stereocenters. The van der Waals surface area contributed by atoms with E-state index in [9.17, 15) is 18.7 Å². The molecule has 1 aromatic rings. The molecule has 0 saturated heterocycles. The fraction of sp³-hybridized carbons (Fsp3) is 0.250. The van der Waals surface area contributed by atoms with Crippen LogP contribution in [0.3, 0.4) is 0 Å². The Hall–Kier alpha value is -1.43. The van der Waals surface area contributed by atoms with Crippen molar-refractivity contribution >= 4 is 16.8 Å². The molecule has 0 aliphatic heterocycles. The van der Waals surface area contributed by atoms with Crippen molar-refractivity contribution in [3.8, 4) is 11.6 Å². The predicted octanol–water partition coefficient (Wildman–Crippen LogP) is 2.11. The number of alkyl halides is 2. The molecule has 0 unspecified atom stereocenters. The van der Waals surface area contributed by atoms with Crippen molar-refractivity contribution in [2.45, 2.75) is 6.43 Å². The van der Waals surface area contributed by atoms with Crippen molar-refractivity contribution < 1.29 is 23.4 Å². The first-order chi connectivity index (χ1) is 6.99. The minimum Gasteiger partial charge on any atom is -0.503 e. The molecular weight excluding hydrogens is 232 g/mol. The van der Waals surface area contributed by atoms with Gasteiger partial charge in [0.15, 0.2) is 5.75 Å². The summed E-state index contributed by atoms with van der Waals surface area (Å²) >= 11 is 5.06. The van der Waals surface area contributed by atoms with Crippen LogP contribution in [0.4, 0.5) is 8.78 Å². The zero-order valence-electron chi connectivity index (χ0n) is 7.50. The summed E-state index contributed by atoms with van der Waals surface area (Å²) in [5.41, 5.74) is -1.41. The Labute approximate surface area is 88.4 Å². The molecule has 82 valence electrons. The van der Waals surface area contributed by atoms with Crippen molar-refractivity contribution in [2.75, 3.05) is 7.11 Å². The first-order valence-corrected chi connectivity index (χ1v) is 4.10. The van der Waals surface area contributed by atoms with Gasteiger partial charge in [-0.1, -0.05) is 0 Å². The number of carbonyl (C=O) groups is 1. The van der Waals surface area contributed by atoms with Crippen molar-refractivity contribution in [1.29, 1.82) is 0 Å². The maximum atomic E-state index is 12.5. The van der Waals surface area contributed by atoms with E-state index < -0.39 is 28.5 Å². The topological polar surface area (TPSA) is 59.4 Å². The fourth-order valence-electron chi connectivity index (χ4n) is 1.02. The van der Waals surface area contributed by atoms with Crippen LogP contribution < -0.4 is 4.74 Å². The number of hydrogen-bond donors (Lipinski definition) is 1. The van der Waals surface area contributed by atoms with Crippen molar-refractivity contribution in [3.63, 3.8) is 0 Å². The summed E-state index contributed by atoms with van der Waals surface area (Å²) in [7, 11) is 1.15.